The zero-order valence-electron chi connectivity index (χ0n) is 12.1. The number of nitrogens with zero attached hydrogens (tertiary/aromatic N) is 1. The van der Waals surface area contributed by atoms with Crippen LogP contribution in [0.2, 0.25) is 0 Å². The smallest absolute Gasteiger partial charge is 0.0466 e. The third-order valence-electron chi connectivity index (χ3n) is 5.41. The zero-order valence-corrected chi connectivity index (χ0v) is 12.1. The molecule has 0 aromatic carbocycles. The average molecular weight is 227 g/mol. The normalized spacial score (nSPS) is 44.6. The van der Waals surface area contributed by atoms with Gasteiger partial charge >= 0.3 is 0 Å². The molecule has 3 atom stereocenters. The number of piperidine rings is 1. The van der Waals surface area contributed by atoms with E-state index in [1.54, 1.807) is 5.06 Å². The van der Waals surface area contributed by atoms with Crippen molar-refractivity contribution >= 4 is 0 Å². The quantitative estimate of drug-likeness (QED) is 0.768. The van der Waals surface area contributed by atoms with E-state index < -0.39 is 0 Å². The minimum Gasteiger partial charge on any atom is -0.313 e. The third kappa shape index (κ3) is 1.80. The van der Waals surface area contributed by atoms with Crippen molar-refractivity contribution < 1.29 is 5.21 Å². The first-order chi connectivity index (χ1) is 7.14. The highest BCUT2D eigenvalue weighted by Crippen LogP contribution is 2.52. The molecule has 1 aliphatic rings. The summed E-state index contributed by atoms with van der Waals surface area (Å²) in [4.78, 5) is 0. The zero-order chi connectivity index (χ0) is 12.8. The van der Waals surface area contributed by atoms with Gasteiger partial charge in [0.15, 0.2) is 0 Å². The summed E-state index contributed by atoms with van der Waals surface area (Å²) in [5.41, 5.74) is 0.0992. The highest BCUT2D eigenvalue weighted by molar-refractivity contribution is 5.06. The van der Waals surface area contributed by atoms with Gasteiger partial charge in [-0.3, -0.25) is 0 Å². The van der Waals surface area contributed by atoms with E-state index in [9.17, 15) is 5.21 Å². The fourth-order valence-electron chi connectivity index (χ4n) is 3.58. The fourth-order valence-corrected chi connectivity index (χ4v) is 3.58. The molecule has 2 heteroatoms. The van der Waals surface area contributed by atoms with Gasteiger partial charge in [-0.15, -0.1) is 0 Å². The lowest BCUT2D eigenvalue weighted by atomic mass is 9.58. The Morgan fingerprint density at radius 1 is 1.12 bits per heavy atom. The van der Waals surface area contributed by atoms with Crippen molar-refractivity contribution in [2.24, 2.45) is 11.3 Å². The maximum Gasteiger partial charge on any atom is 0.0466 e. The Morgan fingerprint density at radius 3 is 2.00 bits per heavy atom. The Labute approximate surface area is 101 Å². The molecule has 0 spiro atoms. The van der Waals surface area contributed by atoms with Gasteiger partial charge in [-0.05, 0) is 44.4 Å². The van der Waals surface area contributed by atoms with Crippen molar-refractivity contribution in [2.45, 2.75) is 78.8 Å². The van der Waals surface area contributed by atoms with Crippen molar-refractivity contribution in [1.82, 2.24) is 5.06 Å². The van der Waals surface area contributed by atoms with Crippen LogP contribution in [0.1, 0.15) is 67.7 Å². The van der Waals surface area contributed by atoms with E-state index in [1.807, 2.05) is 0 Å². The first-order valence-corrected chi connectivity index (χ1v) is 6.63. The van der Waals surface area contributed by atoms with Crippen LogP contribution in [0.5, 0.6) is 0 Å². The Balaban J connectivity index is 3.19. The van der Waals surface area contributed by atoms with Gasteiger partial charge in [-0.25, -0.2) is 0 Å². The number of rotatable bonds is 2. The molecular weight excluding hydrogens is 198 g/mol. The fraction of sp³-hybridized carbons (Fsp3) is 1.00. The van der Waals surface area contributed by atoms with Gasteiger partial charge < -0.3 is 5.21 Å². The van der Waals surface area contributed by atoms with Crippen molar-refractivity contribution in [3.63, 3.8) is 0 Å². The molecule has 16 heavy (non-hydrogen) atoms. The Hall–Kier alpha value is -0.0800. The van der Waals surface area contributed by atoms with E-state index in [4.69, 9.17) is 0 Å². The van der Waals surface area contributed by atoms with Crippen LogP contribution in [-0.4, -0.2) is 21.3 Å². The van der Waals surface area contributed by atoms with E-state index in [1.165, 1.54) is 0 Å². The summed E-state index contributed by atoms with van der Waals surface area (Å²) >= 11 is 0. The standard InChI is InChI=1S/C14H29NO/c1-8-13(6)10-12(4,5)11(3)14(7,9-2)15(13)16/h11,16H,8-10H2,1-7H3. The molecule has 1 aliphatic heterocycles. The highest BCUT2D eigenvalue weighted by atomic mass is 16.5. The van der Waals surface area contributed by atoms with Gasteiger partial charge in [0.25, 0.3) is 0 Å². The Morgan fingerprint density at radius 2 is 1.62 bits per heavy atom. The Bertz CT molecular complexity index is 263. The molecule has 0 radical (unpaired) electrons. The molecule has 1 N–H and O–H groups in total. The van der Waals surface area contributed by atoms with E-state index in [0.717, 1.165) is 19.3 Å². The summed E-state index contributed by atoms with van der Waals surface area (Å²) in [7, 11) is 0. The van der Waals surface area contributed by atoms with Gasteiger partial charge in [0.1, 0.15) is 0 Å². The molecule has 3 unspecified atom stereocenters. The SMILES string of the molecule is CCC1(C)CC(C)(C)C(C)C(C)(CC)N1O. The van der Waals surface area contributed by atoms with Crippen LogP contribution in [0.25, 0.3) is 0 Å². The van der Waals surface area contributed by atoms with Crippen LogP contribution in [-0.2, 0) is 0 Å². The van der Waals surface area contributed by atoms with Gasteiger partial charge in [-0.2, -0.15) is 5.06 Å². The lowest BCUT2D eigenvalue weighted by Gasteiger charge is -2.61. The largest absolute Gasteiger partial charge is 0.313 e. The second-order valence-electron chi connectivity index (χ2n) is 6.76. The van der Waals surface area contributed by atoms with Crippen molar-refractivity contribution in [3.8, 4) is 0 Å². The van der Waals surface area contributed by atoms with Crippen LogP contribution in [0.4, 0.5) is 0 Å². The average Bonchev–Trinajstić information content (AvgIpc) is 2.23. The second-order valence-corrected chi connectivity index (χ2v) is 6.76. The molecule has 96 valence electrons. The predicted molar refractivity (Wildman–Crippen MR) is 68.6 cm³/mol. The molecule has 0 aliphatic carbocycles. The van der Waals surface area contributed by atoms with Gasteiger partial charge in [0.05, 0.1) is 0 Å². The number of hydrogen-bond donors (Lipinski definition) is 1. The topological polar surface area (TPSA) is 23.5 Å². The van der Waals surface area contributed by atoms with Crippen LogP contribution in [0, 0.1) is 11.3 Å². The van der Waals surface area contributed by atoms with Gasteiger partial charge in [0, 0.05) is 11.1 Å². The summed E-state index contributed by atoms with van der Waals surface area (Å²) in [6, 6.07) is 0. The summed E-state index contributed by atoms with van der Waals surface area (Å²) in [5.74, 6) is 0.495. The van der Waals surface area contributed by atoms with Crippen LogP contribution in [0.15, 0.2) is 0 Å². The minimum absolute atomic E-state index is 0.0826. The summed E-state index contributed by atoms with van der Waals surface area (Å²) in [6.45, 7) is 15.7. The lowest BCUT2D eigenvalue weighted by molar-refractivity contribution is -0.292. The maximum absolute atomic E-state index is 10.6. The van der Waals surface area contributed by atoms with E-state index in [2.05, 4.69) is 48.5 Å². The molecule has 1 fully saturated rings. The van der Waals surface area contributed by atoms with E-state index >= 15 is 0 Å². The first kappa shape index (κ1) is 14.0. The van der Waals surface area contributed by atoms with Crippen molar-refractivity contribution in [1.29, 1.82) is 0 Å². The molecule has 2 nitrogen and oxygen atoms in total. The first-order valence-electron chi connectivity index (χ1n) is 6.63. The molecule has 1 heterocycles. The number of hydrogen-bond acceptors (Lipinski definition) is 2. The van der Waals surface area contributed by atoms with E-state index in [0.29, 0.717) is 5.92 Å². The van der Waals surface area contributed by atoms with E-state index in [-0.39, 0.29) is 16.5 Å². The maximum atomic E-state index is 10.6. The minimum atomic E-state index is -0.105. The number of hydroxylamine groups is 2. The molecule has 1 saturated heterocycles. The Kier molecular flexibility index (Phi) is 3.49. The molecule has 0 saturated carbocycles. The monoisotopic (exact) mass is 227 g/mol. The van der Waals surface area contributed by atoms with Gasteiger partial charge in [-0.1, -0.05) is 34.6 Å². The third-order valence-corrected chi connectivity index (χ3v) is 5.41. The van der Waals surface area contributed by atoms with Crippen LogP contribution in [0.3, 0.4) is 0 Å². The second kappa shape index (κ2) is 3.99. The predicted octanol–water partition coefficient (Wildman–Crippen LogP) is 4.08. The highest BCUT2D eigenvalue weighted by Gasteiger charge is 2.55. The van der Waals surface area contributed by atoms with Crippen LogP contribution < -0.4 is 0 Å². The molecule has 0 bridgehead atoms. The molecule has 0 amide bonds. The van der Waals surface area contributed by atoms with Crippen LogP contribution >= 0.6 is 0 Å². The lowest BCUT2D eigenvalue weighted by Crippen LogP contribution is -2.67. The van der Waals surface area contributed by atoms with Crippen molar-refractivity contribution in [2.75, 3.05) is 0 Å². The van der Waals surface area contributed by atoms with Gasteiger partial charge in [0.2, 0.25) is 0 Å². The molecule has 1 rings (SSSR count). The molecule has 0 aromatic heterocycles. The molecular formula is C14H29NO. The molecule has 0 aromatic rings. The van der Waals surface area contributed by atoms with Crippen molar-refractivity contribution in [3.05, 3.63) is 0 Å². The summed E-state index contributed by atoms with van der Waals surface area (Å²) in [6.07, 6.45) is 3.04. The summed E-state index contributed by atoms with van der Waals surface area (Å²) in [5, 5.41) is 12.2. The summed E-state index contributed by atoms with van der Waals surface area (Å²) < 4.78 is 0.